The number of H-pyrrole nitrogens is 1. The van der Waals surface area contributed by atoms with E-state index in [9.17, 15) is 4.79 Å². The molecule has 3 aromatic rings. The minimum absolute atomic E-state index is 0.0328. The highest BCUT2D eigenvalue weighted by atomic mass is 16.5. The Bertz CT molecular complexity index is 958. The Morgan fingerprint density at radius 3 is 2.81 bits per heavy atom. The molecule has 3 heterocycles. The fourth-order valence-electron chi connectivity index (χ4n) is 3.64. The number of benzene rings is 1. The molecule has 0 saturated carbocycles. The van der Waals surface area contributed by atoms with Gasteiger partial charge >= 0.3 is 0 Å². The standard InChI is InChI=1S/C20H25N5O2/c1-15-18-13-16(14-21-7-8-24-9-11-27-12-10-24)20(26)22-19(18)25(23-15)17-5-3-2-4-6-17/h2-6,13,21H,7-12,14H2,1H3,(H,22,26)/p+2. The molecule has 0 unspecified atom stereocenters. The highest BCUT2D eigenvalue weighted by Gasteiger charge is 2.15. The number of morpholine rings is 1. The third-order valence-electron chi connectivity index (χ3n) is 5.22. The zero-order chi connectivity index (χ0) is 18.6. The average Bonchev–Trinajstić information content (AvgIpc) is 3.02. The number of para-hydroxylation sites is 1. The number of nitrogens with zero attached hydrogens (tertiary/aromatic N) is 2. The average molecular weight is 369 g/mol. The Morgan fingerprint density at radius 1 is 1.26 bits per heavy atom. The van der Waals surface area contributed by atoms with E-state index in [4.69, 9.17) is 4.74 Å². The van der Waals surface area contributed by atoms with Crippen LogP contribution in [0.1, 0.15) is 11.3 Å². The highest BCUT2D eigenvalue weighted by molar-refractivity contribution is 5.80. The van der Waals surface area contributed by atoms with E-state index in [1.54, 1.807) is 9.58 Å². The van der Waals surface area contributed by atoms with Crippen molar-refractivity contribution in [2.75, 3.05) is 39.4 Å². The Balaban J connectivity index is 1.49. The predicted octanol–water partition coefficient (Wildman–Crippen LogP) is -0.999. The maximum Gasteiger partial charge on any atom is 0.258 e. The second-order valence-corrected chi connectivity index (χ2v) is 7.11. The lowest BCUT2D eigenvalue weighted by Gasteiger charge is -2.22. The van der Waals surface area contributed by atoms with Crippen molar-refractivity contribution in [2.45, 2.75) is 13.5 Å². The summed E-state index contributed by atoms with van der Waals surface area (Å²) in [6.45, 7) is 8.66. The van der Waals surface area contributed by atoms with Crippen LogP contribution in [0, 0.1) is 6.92 Å². The second kappa shape index (κ2) is 8.04. The largest absolute Gasteiger partial charge is 0.370 e. The topological polar surface area (TPSA) is 81.0 Å². The Morgan fingerprint density at radius 2 is 2.04 bits per heavy atom. The van der Waals surface area contributed by atoms with E-state index in [0.29, 0.717) is 6.54 Å². The first kappa shape index (κ1) is 17.9. The normalized spacial score (nSPS) is 15.4. The summed E-state index contributed by atoms with van der Waals surface area (Å²) in [5.41, 5.74) is 3.39. The van der Waals surface area contributed by atoms with E-state index in [1.807, 2.05) is 43.3 Å². The third-order valence-corrected chi connectivity index (χ3v) is 5.22. The number of aromatic nitrogens is 3. The molecule has 4 N–H and O–H groups in total. The van der Waals surface area contributed by atoms with Gasteiger partial charge in [-0.3, -0.25) is 4.79 Å². The van der Waals surface area contributed by atoms with Gasteiger partial charge < -0.3 is 19.9 Å². The summed E-state index contributed by atoms with van der Waals surface area (Å²) in [4.78, 5) is 17.2. The van der Waals surface area contributed by atoms with Gasteiger partial charge in [-0.15, -0.1) is 0 Å². The first-order chi connectivity index (χ1) is 13.2. The molecule has 7 heteroatoms. The van der Waals surface area contributed by atoms with Gasteiger partial charge in [-0.2, -0.15) is 5.10 Å². The number of aryl methyl sites for hydroxylation is 1. The first-order valence-electron chi connectivity index (χ1n) is 9.62. The van der Waals surface area contributed by atoms with Gasteiger partial charge in [0.2, 0.25) is 0 Å². The summed E-state index contributed by atoms with van der Waals surface area (Å²) in [6, 6.07) is 11.9. The summed E-state index contributed by atoms with van der Waals surface area (Å²) >= 11 is 0. The molecule has 27 heavy (non-hydrogen) atoms. The SMILES string of the molecule is Cc1nn(-c2ccccc2)c2[nH]c(=O)c(C[NH2+]CC[NH+]3CCOCC3)cc12. The van der Waals surface area contributed by atoms with Crippen LogP contribution in [-0.2, 0) is 11.3 Å². The molecule has 0 spiro atoms. The number of rotatable bonds is 6. The first-order valence-corrected chi connectivity index (χ1v) is 9.62. The number of quaternary nitrogens is 2. The lowest BCUT2D eigenvalue weighted by atomic mass is 10.2. The number of hydrogen-bond acceptors (Lipinski definition) is 3. The third kappa shape index (κ3) is 3.95. The predicted molar refractivity (Wildman–Crippen MR) is 103 cm³/mol. The van der Waals surface area contributed by atoms with Crippen molar-refractivity contribution in [1.82, 2.24) is 14.8 Å². The summed E-state index contributed by atoms with van der Waals surface area (Å²) in [5.74, 6) is 0. The van der Waals surface area contributed by atoms with Crippen molar-refractivity contribution in [3.63, 3.8) is 0 Å². The van der Waals surface area contributed by atoms with Crippen molar-refractivity contribution < 1.29 is 15.0 Å². The maximum absolute atomic E-state index is 12.6. The van der Waals surface area contributed by atoms with E-state index in [2.05, 4.69) is 15.4 Å². The monoisotopic (exact) mass is 369 g/mol. The van der Waals surface area contributed by atoms with Crippen LogP contribution in [0.4, 0.5) is 0 Å². The number of fused-ring (bicyclic) bond motifs is 1. The highest BCUT2D eigenvalue weighted by Crippen LogP contribution is 2.19. The van der Waals surface area contributed by atoms with E-state index >= 15 is 0 Å². The maximum atomic E-state index is 12.6. The summed E-state index contributed by atoms with van der Waals surface area (Å²) in [7, 11) is 0. The molecule has 0 amide bonds. The lowest BCUT2D eigenvalue weighted by molar-refractivity contribution is -0.920. The number of ether oxygens (including phenoxy) is 1. The van der Waals surface area contributed by atoms with E-state index in [1.165, 1.54) is 0 Å². The summed E-state index contributed by atoms with van der Waals surface area (Å²) in [5, 5.41) is 7.84. The fraction of sp³-hybridized carbons (Fsp3) is 0.400. The molecule has 1 saturated heterocycles. The van der Waals surface area contributed by atoms with E-state index in [0.717, 1.165) is 67.4 Å². The van der Waals surface area contributed by atoms with Gasteiger partial charge in [-0.25, -0.2) is 4.68 Å². The minimum atomic E-state index is -0.0328. The molecule has 1 aliphatic rings. The number of hydrogen-bond donors (Lipinski definition) is 3. The van der Waals surface area contributed by atoms with Gasteiger partial charge in [0.05, 0.1) is 30.2 Å². The lowest BCUT2D eigenvalue weighted by Crippen LogP contribution is -3.16. The Labute approximate surface area is 157 Å². The molecule has 2 aromatic heterocycles. The van der Waals surface area contributed by atoms with Crippen LogP contribution in [0.3, 0.4) is 0 Å². The summed E-state index contributed by atoms with van der Waals surface area (Å²) in [6.07, 6.45) is 0. The fourth-order valence-corrected chi connectivity index (χ4v) is 3.64. The number of aromatic amines is 1. The quantitative estimate of drug-likeness (QED) is 0.488. The molecule has 0 radical (unpaired) electrons. The summed E-state index contributed by atoms with van der Waals surface area (Å²) < 4.78 is 7.20. The van der Waals surface area contributed by atoms with Crippen LogP contribution in [0.25, 0.3) is 16.7 Å². The molecule has 1 aliphatic heterocycles. The van der Waals surface area contributed by atoms with Crippen molar-refractivity contribution in [3.8, 4) is 5.69 Å². The number of pyridine rings is 1. The van der Waals surface area contributed by atoms with Gasteiger partial charge in [0.15, 0.2) is 0 Å². The van der Waals surface area contributed by atoms with Crippen molar-refractivity contribution in [1.29, 1.82) is 0 Å². The van der Waals surface area contributed by atoms with Gasteiger partial charge in [-0.05, 0) is 25.1 Å². The van der Waals surface area contributed by atoms with Crippen molar-refractivity contribution in [3.05, 3.63) is 58.0 Å². The Kier molecular flexibility index (Phi) is 5.33. The second-order valence-electron chi connectivity index (χ2n) is 7.11. The number of nitrogens with two attached hydrogens (primary N) is 1. The zero-order valence-corrected chi connectivity index (χ0v) is 15.7. The molecule has 0 atom stereocenters. The zero-order valence-electron chi connectivity index (χ0n) is 15.7. The molecule has 4 rings (SSSR count). The molecular weight excluding hydrogens is 342 g/mol. The van der Waals surface area contributed by atoms with Gasteiger partial charge in [0.1, 0.15) is 38.4 Å². The van der Waals surface area contributed by atoms with Crippen LogP contribution in [-0.4, -0.2) is 54.2 Å². The van der Waals surface area contributed by atoms with Crippen molar-refractivity contribution >= 4 is 11.0 Å². The van der Waals surface area contributed by atoms with Crippen LogP contribution in [0.15, 0.2) is 41.2 Å². The van der Waals surface area contributed by atoms with Crippen LogP contribution < -0.4 is 15.8 Å². The Hall–Kier alpha value is -2.48. The minimum Gasteiger partial charge on any atom is -0.370 e. The van der Waals surface area contributed by atoms with Crippen molar-refractivity contribution in [2.24, 2.45) is 0 Å². The van der Waals surface area contributed by atoms with E-state index < -0.39 is 0 Å². The smallest absolute Gasteiger partial charge is 0.258 e. The molecular formula is C20H27N5O2+2. The molecule has 0 bridgehead atoms. The van der Waals surface area contributed by atoms with E-state index in [-0.39, 0.29) is 5.56 Å². The molecule has 142 valence electrons. The molecule has 1 fully saturated rings. The van der Waals surface area contributed by atoms with Gasteiger partial charge in [0.25, 0.3) is 5.56 Å². The van der Waals surface area contributed by atoms with Crippen LogP contribution in [0.5, 0.6) is 0 Å². The molecule has 1 aromatic carbocycles. The molecule has 0 aliphatic carbocycles. The van der Waals surface area contributed by atoms with Gasteiger partial charge in [0, 0.05) is 5.39 Å². The molecule has 7 nitrogen and oxygen atoms in total. The van der Waals surface area contributed by atoms with Crippen LogP contribution >= 0.6 is 0 Å². The van der Waals surface area contributed by atoms with Crippen LogP contribution in [0.2, 0.25) is 0 Å². The van der Waals surface area contributed by atoms with Gasteiger partial charge in [-0.1, -0.05) is 18.2 Å². The number of nitrogens with one attached hydrogen (secondary N) is 2.